The third kappa shape index (κ3) is 4.19. The summed E-state index contributed by atoms with van der Waals surface area (Å²) in [5.41, 5.74) is 0.431. The van der Waals surface area contributed by atoms with Crippen molar-refractivity contribution in [3.63, 3.8) is 0 Å². The highest BCUT2D eigenvalue weighted by Gasteiger charge is 2.36. The summed E-state index contributed by atoms with van der Waals surface area (Å²) in [6.45, 7) is 10.0. The lowest BCUT2D eigenvalue weighted by atomic mass is 9.78. The van der Waals surface area contributed by atoms with Crippen LogP contribution in [-0.4, -0.2) is 50.8 Å². The lowest BCUT2D eigenvalue weighted by molar-refractivity contribution is -0.0138. The Labute approximate surface area is 125 Å². The minimum absolute atomic E-state index is 0.431. The van der Waals surface area contributed by atoms with Gasteiger partial charge in [0.15, 0.2) is 0 Å². The van der Waals surface area contributed by atoms with E-state index >= 15 is 0 Å². The monoisotopic (exact) mass is 282 g/mol. The standard InChI is InChI=1S/C17H34N2O/c1-4-18-13-17(9-11-20-12-10-17)14-19(3)16-8-6-5-7-15(16)2/h15-16,18H,4-14H2,1-3H3. The normalized spacial score (nSPS) is 30.6. The second-order valence-electron chi connectivity index (χ2n) is 7.14. The Bertz CT molecular complexity index is 276. The maximum absolute atomic E-state index is 5.61. The predicted molar refractivity (Wildman–Crippen MR) is 85.1 cm³/mol. The molecule has 118 valence electrons. The van der Waals surface area contributed by atoms with E-state index in [9.17, 15) is 0 Å². The molecule has 0 bridgehead atoms. The second-order valence-corrected chi connectivity index (χ2v) is 7.14. The first-order valence-electron chi connectivity index (χ1n) is 8.65. The van der Waals surface area contributed by atoms with Crippen LogP contribution in [0, 0.1) is 11.3 Å². The predicted octanol–water partition coefficient (Wildman–Crippen LogP) is 2.90. The maximum atomic E-state index is 5.61. The molecular weight excluding hydrogens is 248 g/mol. The molecule has 3 nitrogen and oxygen atoms in total. The van der Waals surface area contributed by atoms with Crippen LogP contribution in [0.2, 0.25) is 0 Å². The van der Waals surface area contributed by atoms with Gasteiger partial charge >= 0.3 is 0 Å². The fourth-order valence-electron chi connectivity index (χ4n) is 4.18. The van der Waals surface area contributed by atoms with Crippen molar-refractivity contribution in [3.05, 3.63) is 0 Å². The molecule has 1 saturated carbocycles. The first kappa shape index (κ1) is 16.3. The van der Waals surface area contributed by atoms with Gasteiger partial charge in [-0.3, -0.25) is 0 Å². The molecule has 0 aromatic heterocycles. The van der Waals surface area contributed by atoms with E-state index in [0.717, 1.165) is 38.3 Å². The summed E-state index contributed by atoms with van der Waals surface area (Å²) >= 11 is 0. The molecule has 0 aromatic carbocycles. The zero-order valence-electron chi connectivity index (χ0n) is 13.8. The van der Waals surface area contributed by atoms with Crippen molar-refractivity contribution in [2.24, 2.45) is 11.3 Å². The molecule has 2 unspecified atom stereocenters. The first-order valence-corrected chi connectivity index (χ1v) is 8.65. The fourth-order valence-corrected chi connectivity index (χ4v) is 4.18. The Hall–Kier alpha value is -0.120. The molecular formula is C17H34N2O. The second kappa shape index (κ2) is 7.77. The van der Waals surface area contributed by atoms with Crippen molar-refractivity contribution >= 4 is 0 Å². The molecule has 3 heteroatoms. The summed E-state index contributed by atoms with van der Waals surface area (Å²) in [5.74, 6) is 0.866. The Balaban J connectivity index is 1.95. The molecule has 0 amide bonds. The van der Waals surface area contributed by atoms with Gasteiger partial charge < -0.3 is 15.0 Å². The lowest BCUT2D eigenvalue weighted by Gasteiger charge is -2.44. The summed E-state index contributed by atoms with van der Waals surface area (Å²) < 4.78 is 5.61. The Morgan fingerprint density at radius 2 is 1.90 bits per heavy atom. The summed E-state index contributed by atoms with van der Waals surface area (Å²) in [6.07, 6.45) is 8.09. The number of rotatable bonds is 6. The quantitative estimate of drug-likeness (QED) is 0.811. The number of hydrogen-bond donors (Lipinski definition) is 1. The van der Waals surface area contributed by atoms with Crippen LogP contribution in [0.15, 0.2) is 0 Å². The Morgan fingerprint density at radius 1 is 1.20 bits per heavy atom. The Kier molecular flexibility index (Phi) is 6.31. The van der Waals surface area contributed by atoms with Gasteiger partial charge in [0, 0.05) is 32.3 Å². The van der Waals surface area contributed by atoms with Gasteiger partial charge in [0.25, 0.3) is 0 Å². The lowest BCUT2D eigenvalue weighted by Crippen LogP contribution is -2.50. The van der Waals surface area contributed by atoms with Crippen LogP contribution >= 0.6 is 0 Å². The smallest absolute Gasteiger partial charge is 0.0472 e. The summed E-state index contributed by atoms with van der Waals surface area (Å²) in [7, 11) is 2.36. The molecule has 1 aliphatic heterocycles. The van der Waals surface area contributed by atoms with Crippen molar-refractivity contribution in [3.8, 4) is 0 Å². The van der Waals surface area contributed by atoms with E-state index in [1.807, 2.05) is 0 Å². The number of nitrogens with zero attached hydrogens (tertiary/aromatic N) is 1. The van der Waals surface area contributed by atoms with Gasteiger partial charge in [-0.05, 0) is 50.6 Å². The molecule has 0 radical (unpaired) electrons. The highest BCUT2D eigenvalue weighted by Crippen LogP contribution is 2.34. The van der Waals surface area contributed by atoms with Crippen LogP contribution < -0.4 is 5.32 Å². The van der Waals surface area contributed by atoms with Gasteiger partial charge in [0.05, 0.1) is 0 Å². The largest absolute Gasteiger partial charge is 0.381 e. The van der Waals surface area contributed by atoms with Gasteiger partial charge in [-0.2, -0.15) is 0 Å². The number of nitrogens with one attached hydrogen (secondary N) is 1. The third-order valence-electron chi connectivity index (χ3n) is 5.52. The van der Waals surface area contributed by atoms with Crippen molar-refractivity contribution in [1.29, 1.82) is 0 Å². The molecule has 1 saturated heterocycles. The van der Waals surface area contributed by atoms with Gasteiger partial charge in [0.1, 0.15) is 0 Å². The van der Waals surface area contributed by atoms with E-state index in [0.29, 0.717) is 5.41 Å². The third-order valence-corrected chi connectivity index (χ3v) is 5.52. The zero-order valence-corrected chi connectivity index (χ0v) is 13.8. The highest BCUT2D eigenvalue weighted by atomic mass is 16.5. The SMILES string of the molecule is CCNCC1(CN(C)C2CCCCC2C)CCOCC1. The maximum Gasteiger partial charge on any atom is 0.0472 e. The van der Waals surface area contributed by atoms with E-state index in [2.05, 4.69) is 31.1 Å². The topological polar surface area (TPSA) is 24.5 Å². The summed E-state index contributed by atoms with van der Waals surface area (Å²) in [6, 6.07) is 0.796. The molecule has 2 rings (SSSR count). The van der Waals surface area contributed by atoms with E-state index in [-0.39, 0.29) is 0 Å². The highest BCUT2D eigenvalue weighted by molar-refractivity contribution is 4.89. The number of hydrogen-bond acceptors (Lipinski definition) is 3. The van der Waals surface area contributed by atoms with Crippen LogP contribution in [0.5, 0.6) is 0 Å². The van der Waals surface area contributed by atoms with Crippen molar-refractivity contribution < 1.29 is 4.74 Å². The van der Waals surface area contributed by atoms with E-state index < -0.39 is 0 Å². The Morgan fingerprint density at radius 3 is 2.55 bits per heavy atom. The summed E-state index contributed by atoms with van der Waals surface area (Å²) in [5, 5.41) is 3.60. The molecule has 2 fully saturated rings. The van der Waals surface area contributed by atoms with E-state index in [1.54, 1.807) is 0 Å². The van der Waals surface area contributed by atoms with Gasteiger partial charge in [-0.15, -0.1) is 0 Å². The van der Waals surface area contributed by atoms with Crippen molar-refractivity contribution in [2.45, 2.75) is 58.4 Å². The van der Waals surface area contributed by atoms with Crippen LogP contribution in [0.1, 0.15) is 52.4 Å². The van der Waals surface area contributed by atoms with Crippen LogP contribution in [0.4, 0.5) is 0 Å². The zero-order chi connectivity index (χ0) is 14.4. The fraction of sp³-hybridized carbons (Fsp3) is 1.00. The molecule has 1 N–H and O–H groups in total. The molecule has 2 aliphatic rings. The van der Waals surface area contributed by atoms with Gasteiger partial charge in [-0.1, -0.05) is 26.7 Å². The molecule has 2 atom stereocenters. The average Bonchev–Trinajstić information content (AvgIpc) is 2.46. The van der Waals surface area contributed by atoms with E-state index in [1.165, 1.54) is 45.1 Å². The molecule has 20 heavy (non-hydrogen) atoms. The van der Waals surface area contributed by atoms with Crippen LogP contribution in [-0.2, 0) is 4.74 Å². The summed E-state index contributed by atoms with van der Waals surface area (Å²) in [4.78, 5) is 2.67. The molecule has 1 heterocycles. The average molecular weight is 282 g/mol. The molecule has 1 aliphatic carbocycles. The first-order chi connectivity index (χ1) is 9.67. The number of ether oxygens (including phenoxy) is 1. The van der Waals surface area contributed by atoms with E-state index in [4.69, 9.17) is 4.74 Å². The van der Waals surface area contributed by atoms with Crippen LogP contribution in [0.3, 0.4) is 0 Å². The minimum Gasteiger partial charge on any atom is -0.381 e. The molecule has 0 aromatic rings. The molecule has 0 spiro atoms. The minimum atomic E-state index is 0.431. The van der Waals surface area contributed by atoms with Crippen molar-refractivity contribution in [2.75, 3.05) is 39.9 Å². The van der Waals surface area contributed by atoms with Gasteiger partial charge in [0.2, 0.25) is 0 Å². The van der Waals surface area contributed by atoms with Gasteiger partial charge in [-0.25, -0.2) is 0 Å². The van der Waals surface area contributed by atoms with Crippen LogP contribution in [0.25, 0.3) is 0 Å². The van der Waals surface area contributed by atoms with Crippen molar-refractivity contribution in [1.82, 2.24) is 10.2 Å².